The summed E-state index contributed by atoms with van der Waals surface area (Å²) in [5.74, 6) is 0.323. The number of hydrogen-bond acceptors (Lipinski definition) is 2. The summed E-state index contributed by atoms with van der Waals surface area (Å²) in [5.41, 5.74) is 1.07. The lowest BCUT2D eigenvalue weighted by Gasteiger charge is -2.35. The van der Waals surface area contributed by atoms with Crippen molar-refractivity contribution in [3.63, 3.8) is 0 Å². The van der Waals surface area contributed by atoms with E-state index in [-0.39, 0.29) is 35.8 Å². The zero-order valence-corrected chi connectivity index (χ0v) is 11.9. The molecule has 1 aromatic carbocycles. The minimum Gasteiger partial charge on any atom is -0.372 e. The zero-order chi connectivity index (χ0) is 14.3. The lowest BCUT2D eigenvalue weighted by atomic mass is 10.1. The van der Waals surface area contributed by atoms with Gasteiger partial charge < -0.3 is 9.64 Å². The van der Waals surface area contributed by atoms with E-state index in [1.165, 1.54) is 12.1 Å². The van der Waals surface area contributed by atoms with Crippen LogP contribution in [0.2, 0.25) is 0 Å². The maximum Gasteiger partial charge on any atom is 0.226 e. The van der Waals surface area contributed by atoms with Crippen LogP contribution in [0.1, 0.15) is 31.7 Å². The molecule has 4 unspecified atom stereocenters. The van der Waals surface area contributed by atoms with Crippen molar-refractivity contribution in [1.29, 1.82) is 0 Å². The van der Waals surface area contributed by atoms with Crippen LogP contribution in [0.25, 0.3) is 0 Å². The van der Waals surface area contributed by atoms with Gasteiger partial charge in [-0.25, -0.2) is 4.39 Å². The van der Waals surface area contributed by atoms with E-state index in [0.717, 1.165) is 12.0 Å². The Bertz CT molecular complexity index is 492. The predicted octanol–water partition coefficient (Wildman–Crippen LogP) is 2.57. The van der Waals surface area contributed by atoms with Gasteiger partial charge in [0, 0.05) is 19.0 Å². The number of hydrogen-bond donors (Lipinski definition) is 0. The summed E-state index contributed by atoms with van der Waals surface area (Å²) in [7, 11) is 0. The standard InChI is InChI=1S/C16H20FNO2/c1-10-8-18(9-11(2)20-10)16(19)15-7-14(15)12-3-5-13(17)6-4-12/h3-6,10-11,14-15H,7-9H2,1-2H3. The molecule has 1 aliphatic heterocycles. The Kier molecular flexibility index (Phi) is 3.50. The van der Waals surface area contributed by atoms with E-state index in [1.54, 1.807) is 12.1 Å². The van der Waals surface area contributed by atoms with Crippen LogP contribution in [0.4, 0.5) is 4.39 Å². The lowest BCUT2D eigenvalue weighted by molar-refractivity contribution is -0.144. The normalized spacial score (nSPS) is 33.0. The van der Waals surface area contributed by atoms with E-state index in [2.05, 4.69) is 0 Å². The molecule has 2 aliphatic rings. The van der Waals surface area contributed by atoms with Crippen molar-refractivity contribution >= 4 is 5.91 Å². The van der Waals surface area contributed by atoms with E-state index in [9.17, 15) is 9.18 Å². The average molecular weight is 277 g/mol. The average Bonchev–Trinajstić information content (AvgIpc) is 3.18. The van der Waals surface area contributed by atoms with Crippen molar-refractivity contribution in [3.8, 4) is 0 Å². The molecule has 3 nitrogen and oxygen atoms in total. The summed E-state index contributed by atoms with van der Waals surface area (Å²) < 4.78 is 18.6. The number of nitrogens with zero attached hydrogens (tertiary/aromatic N) is 1. The Labute approximate surface area is 118 Å². The molecule has 1 amide bonds. The van der Waals surface area contributed by atoms with E-state index in [0.29, 0.717) is 13.1 Å². The van der Waals surface area contributed by atoms with Gasteiger partial charge in [0.2, 0.25) is 5.91 Å². The molecule has 0 aromatic heterocycles. The van der Waals surface area contributed by atoms with Gasteiger partial charge in [-0.15, -0.1) is 0 Å². The SMILES string of the molecule is CC1CN(C(=O)C2CC2c2ccc(F)cc2)CC(C)O1. The maximum atomic E-state index is 12.9. The third-order valence-corrected chi connectivity index (χ3v) is 4.14. The van der Waals surface area contributed by atoms with Crippen molar-refractivity contribution in [2.24, 2.45) is 5.92 Å². The second kappa shape index (κ2) is 5.17. The Morgan fingerprint density at radius 3 is 2.40 bits per heavy atom. The first-order valence-electron chi connectivity index (χ1n) is 7.24. The highest BCUT2D eigenvalue weighted by Gasteiger charge is 2.46. The van der Waals surface area contributed by atoms with Crippen LogP contribution in [0.15, 0.2) is 24.3 Å². The van der Waals surface area contributed by atoms with Crippen LogP contribution in [0.3, 0.4) is 0 Å². The van der Waals surface area contributed by atoms with Crippen LogP contribution in [-0.4, -0.2) is 36.1 Å². The number of halogens is 1. The van der Waals surface area contributed by atoms with Gasteiger partial charge in [-0.3, -0.25) is 4.79 Å². The molecule has 0 N–H and O–H groups in total. The molecule has 0 bridgehead atoms. The molecule has 20 heavy (non-hydrogen) atoms. The molecule has 4 atom stereocenters. The Morgan fingerprint density at radius 2 is 1.80 bits per heavy atom. The van der Waals surface area contributed by atoms with Crippen LogP contribution < -0.4 is 0 Å². The highest BCUT2D eigenvalue weighted by molar-refractivity contribution is 5.83. The number of carbonyl (C=O) groups excluding carboxylic acids is 1. The van der Waals surface area contributed by atoms with Crippen molar-refractivity contribution < 1.29 is 13.9 Å². The molecule has 2 fully saturated rings. The summed E-state index contributed by atoms with van der Waals surface area (Å²) in [6.07, 6.45) is 1.08. The van der Waals surface area contributed by atoms with Gasteiger partial charge in [0.1, 0.15) is 5.82 Å². The fourth-order valence-electron chi connectivity index (χ4n) is 3.14. The van der Waals surface area contributed by atoms with Gasteiger partial charge in [-0.1, -0.05) is 12.1 Å². The molecule has 0 spiro atoms. The second-order valence-corrected chi connectivity index (χ2v) is 6.00. The van der Waals surface area contributed by atoms with Gasteiger partial charge in [0.25, 0.3) is 0 Å². The van der Waals surface area contributed by atoms with E-state index in [1.807, 2.05) is 18.7 Å². The third-order valence-electron chi connectivity index (χ3n) is 4.14. The van der Waals surface area contributed by atoms with Gasteiger partial charge in [-0.2, -0.15) is 0 Å². The Hall–Kier alpha value is -1.42. The van der Waals surface area contributed by atoms with Gasteiger partial charge in [0.15, 0.2) is 0 Å². The molecule has 0 radical (unpaired) electrons. The van der Waals surface area contributed by atoms with Crippen LogP contribution in [-0.2, 0) is 9.53 Å². The summed E-state index contributed by atoms with van der Waals surface area (Å²) in [6.45, 7) is 5.35. The highest BCUT2D eigenvalue weighted by Crippen LogP contribution is 2.48. The van der Waals surface area contributed by atoms with Crippen LogP contribution in [0.5, 0.6) is 0 Å². The van der Waals surface area contributed by atoms with Crippen molar-refractivity contribution in [1.82, 2.24) is 4.90 Å². The first-order valence-corrected chi connectivity index (χ1v) is 7.24. The van der Waals surface area contributed by atoms with E-state index in [4.69, 9.17) is 4.74 Å². The molecular formula is C16H20FNO2. The first-order chi connectivity index (χ1) is 9.54. The molecule has 1 saturated heterocycles. The molecule has 1 aliphatic carbocycles. The minimum absolute atomic E-state index is 0.0676. The van der Waals surface area contributed by atoms with Gasteiger partial charge >= 0.3 is 0 Å². The number of amides is 1. The van der Waals surface area contributed by atoms with Crippen LogP contribution in [0, 0.1) is 11.7 Å². The summed E-state index contributed by atoms with van der Waals surface area (Å²) in [6, 6.07) is 6.51. The number of benzene rings is 1. The zero-order valence-electron chi connectivity index (χ0n) is 11.9. The predicted molar refractivity (Wildman–Crippen MR) is 73.8 cm³/mol. The summed E-state index contributed by atoms with van der Waals surface area (Å²) in [4.78, 5) is 14.4. The topological polar surface area (TPSA) is 29.5 Å². The van der Waals surface area contributed by atoms with Crippen molar-refractivity contribution in [2.75, 3.05) is 13.1 Å². The molecule has 3 rings (SSSR count). The van der Waals surface area contributed by atoms with Gasteiger partial charge in [-0.05, 0) is 43.9 Å². The van der Waals surface area contributed by atoms with Crippen LogP contribution >= 0.6 is 0 Å². The fourth-order valence-corrected chi connectivity index (χ4v) is 3.14. The number of rotatable bonds is 2. The third kappa shape index (κ3) is 2.70. The molecular weight excluding hydrogens is 257 g/mol. The van der Waals surface area contributed by atoms with Crippen molar-refractivity contribution in [3.05, 3.63) is 35.6 Å². The Morgan fingerprint density at radius 1 is 1.20 bits per heavy atom. The van der Waals surface area contributed by atoms with Gasteiger partial charge in [0.05, 0.1) is 12.2 Å². The lowest BCUT2D eigenvalue weighted by Crippen LogP contribution is -2.48. The monoisotopic (exact) mass is 277 g/mol. The largest absolute Gasteiger partial charge is 0.372 e. The second-order valence-electron chi connectivity index (χ2n) is 6.00. The summed E-state index contributed by atoms with van der Waals surface area (Å²) >= 11 is 0. The first kappa shape index (κ1) is 13.6. The highest BCUT2D eigenvalue weighted by atomic mass is 19.1. The van der Waals surface area contributed by atoms with E-state index >= 15 is 0 Å². The molecule has 1 saturated carbocycles. The number of morpholine rings is 1. The fraction of sp³-hybridized carbons (Fsp3) is 0.562. The maximum absolute atomic E-state index is 12.9. The molecule has 1 aromatic rings. The number of carbonyl (C=O) groups is 1. The summed E-state index contributed by atoms with van der Waals surface area (Å²) in [5, 5.41) is 0. The minimum atomic E-state index is -0.229. The van der Waals surface area contributed by atoms with E-state index < -0.39 is 0 Å². The molecule has 1 heterocycles. The number of ether oxygens (including phenoxy) is 1. The van der Waals surface area contributed by atoms with Crippen molar-refractivity contribution in [2.45, 2.75) is 38.4 Å². The smallest absolute Gasteiger partial charge is 0.226 e. The quantitative estimate of drug-likeness (QED) is 0.831. The Balaban J connectivity index is 1.63. The molecule has 4 heteroatoms. The molecule has 108 valence electrons.